The molecule has 2 N–H and O–H groups in total. The Morgan fingerprint density at radius 3 is 2.15 bits per heavy atom. The quantitative estimate of drug-likeness (QED) is 0.776. The van der Waals surface area contributed by atoms with Gasteiger partial charge in [-0.3, -0.25) is 4.90 Å². The van der Waals surface area contributed by atoms with Gasteiger partial charge in [-0.25, -0.2) is 9.59 Å². The monoisotopic (exact) mass is 373 g/mol. The van der Waals surface area contributed by atoms with Crippen molar-refractivity contribution in [2.75, 3.05) is 39.5 Å². The Bertz CT molecular complexity index is 716. The van der Waals surface area contributed by atoms with E-state index in [9.17, 15) is 0 Å². The van der Waals surface area contributed by atoms with E-state index in [0.717, 1.165) is 44.2 Å². The van der Waals surface area contributed by atoms with Gasteiger partial charge in [-0.15, -0.1) is 0 Å². The van der Waals surface area contributed by atoms with Gasteiger partial charge in [0.25, 0.3) is 0 Å². The molecule has 1 saturated heterocycles. The van der Waals surface area contributed by atoms with Gasteiger partial charge in [0.05, 0.1) is 13.2 Å². The first kappa shape index (κ1) is 20.4. The van der Waals surface area contributed by atoms with Gasteiger partial charge >= 0.3 is 11.9 Å². The second-order valence-corrected chi connectivity index (χ2v) is 5.77. The van der Waals surface area contributed by atoms with Crippen LogP contribution in [0.15, 0.2) is 54.6 Å². The topological polar surface area (TPSA) is 96.3 Å². The number of hydrogen-bond acceptors (Lipinski definition) is 5. The first-order valence-corrected chi connectivity index (χ1v) is 8.61. The minimum Gasteiger partial charge on any atom is -0.492 e. The highest BCUT2D eigenvalue weighted by atomic mass is 16.5. The highest BCUT2D eigenvalue weighted by Crippen LogP contribution is 2.29. The van der Waals surface area contributed by atoms with Gasteiger partial charge in [-0.05, 0) is 11.6 Å². The molecule has 1 heterocycles. The fourth-order valence-corrected chi connectivity index (χ4v) is 2.56. The van der Waals surface area contributed by atoms with Crippen LogP contribution in [0.3, 0.4) is 0 Å². The number of nitrogens with zero attached hydrogens (tertiary/aromatic N) is 1. The maximum absolute atomic E-state index is 9.10. The molecule has 0 bridgehead atoms. The van der Waals surface area contributed by atoms with Gasteiger partial charge in [0, 0.05) is 25.2 Å². The van der Waals surface area contributed by atoms with Crippen LogP contribution in [0, 0.1) is 0 Å². The fraction of sp³-hybridized carbons (Fsp3) is 0.300. The van der Waals surface area contributed by atoms with Crippen molar-refractivity contribution in [3.8, 4) is 16.9 Å². The van der Waals surface area contributed by atoms with Crippen molar-refractivity contribution in [2.24, 2.45) is 0 Å². The van der Waals surface area contributed by atoms with Crippen LogP contribution in [0.25, 0.3) is 11.1 Å². The third-order valence-electron chi connectivity index (χ3n) is 3.92. The van der Waals surface area contributed by atoms with Crippen molar-refractivity contribution >= 4 is 11.9 Å². The molecule has 0 atom stereocenters. The second kappa shape index (κ2) is 10.9. The molecule has 0 radical (unpaired) electrons. The highest BCUT2D eigenvalue weighted by Gasteiger charge is 2.11. The summed E-state index contributed by atoms with van der Waals surface area (Å²) < 4.78 is 11.4. The number of aliphatic carboxylic acids is 2. The van der Waals surface area contributed by atoms with E-state index >= 15 is 0 Å². The molecule has 0 saturated carbocycles. The first-order valence-electron chi connectivity index (χ1n) is 8.61. The van der Waals surface area contributed by atoms with E-state index in [1.54, 1.807) is 0 Å². The zero-order valence-electron chi connectivity index (χ0n) is 14.9. The largest absolute Gasteiger partial charge is 0.492 e. The smallest absolute Gasteiger partial charge is 0.414 e. The summed E-state index contributed by atoms with van der Waals surface area (Å²) in [6.07, 6.45) is 0. The summed E-state index contributed by atoms with van der Waals surface area (Å²) in [4.78, 5) is 20.6. The van der Waals surface area contributed by atoms with Gasteiger partial charge in [-0.2, -0.15) is 0 Å². The zero-order valence-corrected chi connectivity index (χ0v) is 14.9. The van der Waals surface area contributed by atoms with E-state index < -0.39 is 11.9 Å². The standard InChI is InChI=1S/C18H21NO2.C2H2O4/c1-2-6-16(7-3-1)17-8-4-5-9-18(17)21-15-12-19-10-13-20-14-11-19;3-1(4)2(5)6/h1-9H,10-15H2;(H,3,4)(H,5,6). The summed E-state index contributed by atoms with van der Waals surface area (Å²) in [7, 11) is 0. The van der Waals surface area contributed by atoms with E-state index in [2.05, 4.69) is 41.3 Å². The predicted octanol–water partition coefficient (Wildman–Crippen LogP) is 2.22. The van der Waals surface area contributed by atoms with Gasteiger partial charge < -0.3 is 19.7 Å². The van der Waals surface area contributed by atoms with Crippen molar-refractivity contribution < 1.29 is 29.3 Å². The molecule has 1 aliphatic rings. The molecule has 0 amide bonds. The molecule has 1 aliphatic heterocycles. The van der Waals surface area contributed by atoms with E-state index in [-0.39, 0.29) is 0 Å². The third kappa shape index (κ3) is 7.08. The molecule has 7 heteroatoms. The van der Waals surface area contributed by atoms with Crippen LogP contribution in [-0.4, -0.2) is 66.5 Å². The van der Waals surface area contributed by atoms with E-state index in [1.807, 2.05) is 18.2 Å². The number of para-hydroxylation sites is 1. The number of ether oxygens (including phenoxy) is 2. The summed E-state index contributed by atoms with van der Waals surface area (Å²) in [5.41, 5.74) is 2.35. The SMILES string of the molecule is O=C(O)C(=O)O.c1ccc(-c2ccccc2OCCN2CCOCC2)cc1. The molecule has 1 fully saturated rings. The van der Waals surface area contributed by atoms with E-state index in [4.69, 9.17) is 29.3 Å². The number of rotatable bonds is 5. The Balaban J connectivity index is 0.000000380. The number of carboxylic acids is 2. The molecule has 0 spiro atoms. The molecular formula is C20H23NO6. The second-order valence-electron chi connectivity index (χ2n) is 5.77. The third-order valence-corrected chi connectivity index (χ3v) is 3.92. The maximum Gasteiger partial charge on any atom is 0.414 e. The minimum atomic E-state index is -1.82. The van der Waals surface area contributed by atoms with E-state index in [0.29, 0.717) is 6.61 Å². The molecule has 0 aliphatic carbocycles. The fourth-order valence-electron chi connectivity index (χ4n) is 2.56. The van der Waals surface area contributed by atoms with Crippen LogP contribution in [0.1, 0.15) is 0 Å². The van der Waals surface area contributed by atoms with Crippen LogP contribution in [0.4, 0.5) is 0 Å². The van der Waals surface area contributed by atoms with Crippen LogP contribution in [0.5, 0.6) is 5.75 Å². The molecule has 2 aromatic rings. The lowest BCUT2D eigenvalue weighted by molar-refractivity contribution is -0.159. The molecule has 3 rings (SSSR count). The summed E-state index contributed by atoms with van der Waals surface area (Å²) in [5.74, 6) is -2.69. The Kier molecular flexibility index (Phi) is 8.28. The highest BCUT2D eigenvalue weighted by molar-refractivity contribution is 6.27. The first-order chi connectivity index (χ1) is 13.1. The normalized spacial score (nSPS) is 13.9. The number of carbonyl (C=O) groups is 2. The zero-order chi connectivity index (χ0) is 19.5. The Morgan fingerprint density at radius 1 is 0.926 bits per heavy atom. The molecule has 0 aromatic heterocycles. The molecule has 27 heavy (non-hydrogen) atoms. The van der Waals surface area contributed by atoms with Crippen molar-refractivity contribution in [3.63, 3.8) is 0 Å². The van der Waals surface area contributed by atoms with Gasteiger partial charge in [0.15, 0.2) is 0 Å². The summed E-state index contributed by atoms with van der Waals surface area (Å²) in [5, 5.41) is 14.8. The number of hydrogen-bond donors (Lipinski definition) is 2. The van der Waals surface area contributed by atoms with Crippen molar-refractivity contribution in [1.82, 2.24) is 4.90 Å². The van der Waals surface area contributed by atoms with Crippen molar-refractivity contribution in [2.45, 2.75) is 0 Å². The van der Waals surface area contributed by atoms with Gasteiger partial charge in [0.2, 0.25) is 0 Å². The summed E-state index contributed by atoms with van der Waals surface area (Å²) in [6.45, 7) is 5.34. The maximum atomic E-state index is 9.10. The Labute approximate surface area is 157 Å². The molecule has 2 aromatic carbocycles. The van der Waals surface area contributed by atoms with E-state index in [1.165, 1.54) is 5.56 Å². The molecule has 7 nitrogen and oxygen atoms in total. The Morgan fingerprint density at radius 2 is 1.52 bits per heavy atom. The average molecular weight is 373 g/mol. The van der Waals surface area contributed by atoms with Crippen LogP contribution < -0.4 is 4.74 Å². The number of benzene rings is 2. The molecular weight excluding hydrogens is 350 g/mol. The van der Waals surface area contributed by atoms with Crippen molar-refractivity contribution in [1.29, 1.82) is 0 Å². The lowest BCUT2D eigenvalue weighted by Crippen LogP contribution is -2.38. The summed E-state index contributed by atoms with van der Waals surface area (Å²) >= 11 is 0. The minimum absolute atomic E-state index is 0.712. The predicted molar refractivity (Wildman–Crippen MR) is 99.9 cm³/mol. The lowest BCUT2D eigenvalue weighted by Gasteiger charge is -2.26. The van der Waals surface area contributed by atoms with Gasteiger partial charge in [-0.1, -0.05) is 48.5 Å². The number of carboxylic acid groups (broad SMARTS) is 2. The lowest BCUT2D eigenvalue weighted by atomic mass is 10.1. The molecule has 144 valence electrons. The van der Waals surface area contributed by atoms with Gasteiger partial charge in [0.1, 0.15) is 12.4 Å². The Hall–Kier alpha value is -2.90. The van der Waals surface area contributed by atoms with Crippen LogP contribution in [0.2, 0.25) is 0 Å². The molecule has 0 unspecified atom stereocenters. The van der Waals surface area contributed by atoms with Crippen LogP contribution >= 0.6 is 0 Å². The van der Waals surface area contributed by atoms with Crippen LogP contribution in [-0.2, 0) is 14.3 Å². The average Bonchev–Trinajstić information content (AvgIpc) is 2.70. The van der Waals surface area contributed by atoms with Crippen molar-refractivity contribution in [3.05, 3.63) is 54.6 Å². The summed E-state index contributed by atoms with van der Waals surface area (Å²) in [6, 6.07) is 18.6. The number of morpholine rings is 1.